The van der Waals surface area contributed by atoms with Crippen LogP contribution in [0.5, 0.6) is 0 Å². The van der Waals surface area contributed by atoms with Crippen molar-refractivity contribution < 1.29 is 13.2 Å². The fourth-order valence-electron chi connectivity index (χ4n) is 3.46. The first-order chi connectivity index (χ1) is 10.7. The van der Waals surface area contributed by atoms with Crippen molar-refractivity contribution in [1.29, 1.82) is 0 Å². The van der Waals surface area contributed by atoms with Crippen LogP contribution in [0.15, 0.2) is 6.33 Å². The topological polar surface area (TPSA) is 72.4 Å². The second-order valence-electron chi connectivity index (χ2n) is 6.39. The molecule has 2 fully saturated rings. The monoisotopic (exact) mass is 323 g/mol. The lowest BCUT2D eigenvalue weighted by molar-refractivity contribution is 0.193. The SMILES string of the molecule is O=S(=O)(C1CC1)N1CCc2ncnc([C@H]3CCOC3)c2CC1. The van der Waals surface area contributed by atoms with E-state index in [0.29, 0.717) is 38.5 Å². The van der Waals surface area contributed by atoms with Gasteiger partial charge in [0.25, 0.3) is 0 Å². The molecular weight excluding hydrogens is 302 g/mol. The zero-order chi connectivity index (χ0) is 15.2. The lowest BCUT2D eigenvalue weighted by atomic mass is 9.96. The summed E-state index contributed by atoms with van der Waals surface area (Å²) in [6.07, 6.45) is 5.65. The third kappa shape index (κ3) is 2.55. The summed E-state index contributed by atoms with van der Waals surface area (Å²) in [6.45, 7) is 2.60. The number of aromatic nitrogens is 2. The van der Waals surface area contributed by atoms with E-state index in [4.69, 9.17) is 4.74 Å². The van der Waals surface area contributed by atoms with E-state index >= 15 is 0 Å². The van der Waals surface area contributed by atoms with Crippen LogP contribution in [-0.4, -0.2) is 54.2 Å². The maximum absolute atomic E-state index is 12.5. The van der Waals surface area contributed by atoms with Gasteiger partial charge in [0.2, 0.25) is 10.0 Å². The van der Waals surface area contributed by atoms with Gasteiger partial charge in [-0.15, -0.1) is 0 Å². The average Bonchev–Trinajstić information content (AvgIpc) is 3.28. The van der Waals surface area contributed by atoms with Gasteiger partial charge in [0.15, 0.2) is 0 Å². The van der Waals surface area contributed by atoms with Gasteiger partial charge in [-0.05, 0) is 31.2 Å². The lowest BCUT2D eigenvalue weighted by Crippen LogP contribution is -2.35. The highest BCUT2D eigenvalue weighted by Gasteiger charge is 2.40. The molecule has 0 spiro atoms. The molecule has 3 heterocycles. The minimum absolute atomic E-state index is 0.137. The largest absolute Gasteiger partial charge is 0.381 e. The van der Waals surface area contributed by atoms with E-state index in [0.717, 1.165) is 42.8 Å². The van der Waals surface area contributed by atoms with Gasteiger partial charge in [0.1, 0.15) is 6.33 Å². The highest BCUT2D eigenvalue weighted by Crippen LogP contribution is 2.33. The Morgan fingerprint density at radius 3 is 2.68 bits per heavy atom. The van der Waals surface area contributed by atoms with E-state index in [-0.39, 0.29) is 5.25 Å². The molecule has 0 aromatic carbocycles. The van der Waals surface area contributed by atoms with E-state index in [1.165, 1.54) is 0 Å². The molecule has 1 aliphatic carbocycles. The normalized spacial score (nSPS) is 26.6. The van der Waals surface area contributed by atoms with Crippen molar-refractivity contribution in [2.24, 2.45) is 0 Å². The molecule has 1 saturated carbocycles. The van der Waals surface area contributed by atoms with Crippen LogP contribution in [0.25, 0.3) is 0 Å². The third-order valence-corrected chi connectivity index (χ3v) is 7.30. The van der Waals surface area contributed by atoms with Gasteiger partial charge in [-0.1, -0.05) is 0 Å². The first kappa shape index (κ1) is 14.5. The second kappa shape index (κ2) is 5.54. The summed E-state index contributed by atoms with van der Waals surface area (Å²) < 4.78 is 32.1. The Morgan fingerprint density at radius 2 is 1.95 bits per heavy atom. The van der Waals surface area contributed by atoms with Crippen molar-refractivity contribution in [2.45, 2.75) is 43.3 Å². The summed E-state index contributed by atoms with van der Waals surface area (Å²) in [4.78, 5) is 8.91. The van der Waals surface area contributed by atoms with Gasteiger partial charge < -0.3 is 4.74 Å². The molecule has 4 rings (SSSR count). The summed E-state index contributed by atoms with van der Waals surface area (Å²) in [5.74, 6) is 0.336. The number of rotatable bonds is 3. The fourth-order valence-corrected chi connectivity index (χ4v) is 5.31. The summed E-state index contributed by atoms with van der Waals surface area (Å²) in [6, 6.07) is 0. The van der Waals surface area contributed by atoms with Gasteiger partial charge in [0, 0.05) is 37.7 Å². The van der Waals surface area contributed by atoms with Crippen molar-refractivity contribution in [3.05, 3.63) is 23.3 Å². The maximum atomic E-state index is 12.5. The molecule has 1 atom stereocenters. The summed E-state index contributed by atoms with van der Waals surface area (Å²) >= 11 is 0. The molecule has 7 heteroatoms. The Labute approximate surface area is 131 Å². The average molecular weight is 323 g/mol. The van der Waals surface area contributed by atoms with Crippen LogP contribution in [0, 0.1) is 0 Å². The molecule has 0 amide bonds. The molecule has 22 heavy (non-hydrogen) atoms. The molecule has 1 saturated heterocycles. The third-order valence-electron chi connectivity index (χ3n) is 4.90. The number of fused-ring (bicyclic) bond motifs is 1. The van der Waals surface area contributed by atoms with E-state index in [1.54, 1.807) is 10.6 Å². The van der Waals surface area contributed by atoms with E-state index in [9.17, 15) is 8.42 Å². The van der Waals surface area contributed by atoms with Crippen LogP contribution in [-0.2, 0) is 27.6 Å². The Kier molecular flexibility index (Phi) is 3.66. The molecule has 0 N–H and O–H groups in total. The lowest BCUT2D eigenvalue weighted by Gasteiger charge is -2.19. The van der Waals surface area contributed by atoms with Crippen molar-refractivity contribution in [2.75, 3.05) is 26.3 Å². The molecule has 6 nitrogen and oxygen atoms in total. The Morgan fingerprint density at radius 1 is 1.14 bits per heavy atom. The van der Waals surface area contributed by atoms with Crippen LogP contribution in [0.2, 0.25) is 0 Å². The molecular formula is C15H21N3O3S. The predicted octanol–water partition coefficient (Wildman–Crippen LogP) is 0.873. The summed E-state index contributed by atoms with van der Waals surface area (Å²) in [5.41, 5.74) is 3.25. The Bertz CT molecular complexity index is 667. The number of sulfonamides is 1. The highest BCUT2D eigenvalue weighted by atomic mass is 32.2. The smallest absolute Gasteiger partial charge is 0.217 e. The van der Waals surface area contributed by atoms with Crippen LogP contribution < -0.4 is 0 Å². The highest BCUT2D eigenvalue weighted by molar-refractivity contribution is 7.90. The van der Waals surface area contributed by atoms with E-state index in [1.807, 2.05) is 0 Å². The molecule has 0 radical (unpaired) electrons. The molecule has 0 unspecified atom stereocenters. The zero-order valence-electron chi connectivity index (χ0n) is 12.6. The molecule has 2 aliphatic heterocycles. The fraction of sp³-hybridized carbons (Fsp3) is 0.733. The molecule has 1 aromatic rings. The Hall–Kier alpha value is -1.05. The van der Waals surface area contributed by atoms with E-state index in [2.05, 4.69) is 9.97 Å². The second-order valence-corrected chi connectivity index (χ2v) is 8.60. The zero-order valence-corrected chi connectivity index (χ0v) is 13.4. The first-order valence-corrected chi connectivity index (χ1v) is 9.56. The Balaban J connectivity index is 1.60. The number of hydrogen-bond donors (Lipinski definition) is 0. The van der Waals surface area contributed by atoms with Crippen LogP contribution in [0.1, 0.15) is 42.1 Å². The first-order valence-electron chi connectivity index (χ1n) is 8.05. The van der Waals surface area contributed by atoms with Crippen LogP contribution >= 0.6 is 0 Å². The summed E-state index contributed by atoms with van der Waals surface area (Å²) in [5, 5.41) is -0.137. The van der Waals surface area contributed by atoms with Crippen LogP contribution in [0.4, 0.5) is 0 Å². The van der Waals surface area contributed by atoms with Crippen molar-refractivity contribution in [3.8, 4) is 0 Å². The van der Waals surface area contributed by atoms with Crippen molar-refractivity contribution >= 4 is 10.0 Å². The molecule has 0 bridgehead atoms. The van der Waals surface area contributed by atoms with Crippen molar-refractivity contribution in [1.82, 2.24) is 14.3 Å². The minimum atomic E-state index is -3.10. The molecule has 120 valence electrons. The number of nitrogens with zero attached hydrogens (tertiary/aromatic N) is 3. The van der Waals surface area contributed by atoms with Gasteiger partial charge in [-0.25, -0.2) is 22.7 Å². The van der Waals surface area contributed by atoms with Crippen molar-refractivity contribution in [3.63, 3.8) is 0 Å². The molecule has 3 aliphatic rings. The summed E-state index contributed by atoms with van der Waals surface area (Å²) in [7, 11) is -3.10. The maximum Gasteiger partial charge on any atom is 0.217 e. The van der Waals surface area contributed by atoms with E-state index < -0.39 is 10.0 Å². The van der Waals surface area contributed by atoms with Gasteiger partial charge >= 0.3 is 0 Å². The van der Waals surface area contributed by atoms with Gasteiger partial charge in [-0.3, -0.25) is 0 Å². The minimum Gasteiger partial charge on any atom is -0.381 e. The number of ether oxygens (including phenoxy) is 1. The number of hydrogen-bond acceptors (Lipinski definition) is 5. The van der Waals surface area contributed by atoms with Crippen LogP contribution in [0.3, 0.4) is 0 Å². The predicted molar refractivity (Wildman–Crippen MR) is 81.1 cm³/mol. The van der Waals surface area contributed by atoms with Gasteiger partial charge in [-0.2, -0.15) is 0 Å². The van der Waals surface area contributed by atoms with Gasteiger partial charge in [0.05, 0.1) is 17.6 Å². The quantitative estimate of drug-likeness (QED) is 0.825. The standard InChI is InChI=1S/C15H21N3O3S/c19-22(20,12-1-2-12)18-6-3-13-14(4-7-18)16-10-17-15(13)11-5-8-21-9-11/h10-12H,1-9H2/t11-/m0/s1. The molecule has 1 aromatic heterocycles.